The Balaban J connectivity index is 0.00000312. The van der Waals surface area contributed by atoms with Crippen LogP contribution in [-0.4, -0.2) is 79.9 Å². The van der Waals surface area contributed by atoms with Gasteiger partial charge in [0, 0.05) is 63.5 Å². The number of aromatic nitrogens is 2. The minimum Gasteiger partial charge on any atom is -0.355 e. The molecule has 1 aliphatic rings. The van der Waals surface area contributed by atoms with Gasteiger partial charge in [-0.2, -0.15) is 4.37 Å². The van der Waals surface area contributed by atoms with Crippen LogP contribution in [0.15, 0.2) is 4.99 Å². The number of guanidine groups is 1. The number of aliphatic imine (C=N–C) groups is 1. The summed E-state index contributed by atoms with van der Waals surface area (Å²) >= 11 is 1.45. The molecule has 0 aromatic carbocycles. The molecular weight excluding hydrogens is 475 g/mol. The van der Waals surface area contributed by atoms with Gasteiger partial charge in [-0.15, -0.1) is 24.0 Å². The van der Waals surface area contributed by atoms with Crippen molar-refractivity contribution in [2.75, 3.05) is 56.2 Å². The minimum atomic E-state index is -2.96. The molecule has 0 bridgehead atoms. The van der Waals surface area contributed by atoms with Crippen LogP contribution in [-0.2, 0) is 16.3 Å². The highest BCUT2D eigenvalue weighted by molar-refractivity contribution is 14.0. The van der Waals surface area contributed by atoms with E-state index in [4.69, 9.17) is 0 Å². The second kappa shape index (κ2) is 10.5. The first-order valence-electron chi connectivity index (χ1n) is 8.22. The number of aryl methyl sites for hydroxylation is 1. The van der Waals surface area contributed by atoms with Crippen molar-refractivity contribution in [1.82, 2.24) is 19.6 Å². The molecule has 0 spiro atoms. The number of halogens is 1. The summed E-state index contributed by atoms with van der Waals surface area (Å²) in [7, 11) is -1.23. The lowest BCUT2D eigenvalue weighted by Crippen LogP contribution is -2.53. The zero-order valence-corrected chi connectivity index (χ0v) is 18.9. The molecular formula is C14H27IN6O2S2. The van der Waals surface area contributed by atoms with Gasteiger partial charge in [-0.3, -0.25) is 4.99 Å². The second-order valence-corrected chi connectivity index (χ2v) is 8.73. The van der Waals surface area contributed by atoms with Crippen molar-refractivity contribution in [3.05, 3.63) is 5.82 Å². The van der Waals surface area contributed by atoms with E-state index in [0.717, 1.165) is 49.5 Å². The maximum absolute atomic E-state index is 11.6. The normalized spacial score (nSPS) is 15.9. The first kappa shape index (κ1) is 22.4. The molecule has 0 atom stereocenters. The lowest BCUT2D eigenvalue weighted by atomic mass is 10.3. The van der Waals surface area contributed by atoms with E-state index in [2.05, 4.69) is 36.4 Å². The van der Waals surface area contributed by atoms with Crippen molar-refractivity contribution in [2.24, 2.45) is 4.99 Å². The van der Waals surface area contributed by atoms with E-state index in [1.165, 1.54) is 11.5 Å². The molecule has 0 unspecified atom stereocenters. The molecule has 1 fully saturated rings. The van der Waals surface area contributed by atoms with Crippen molar-refractivity contribution in [1.29, 1.82) is 0 Å². The third-order valence-corrected chi connectivity index (χ3v) is 6.49. The summed E-state index contributed by atoms with van der Waals surface area (Å²) in [5.74, 6) is 1.96. The lowest BCUT2D eigenvalue weighted by Gasteiger charge is -2.36. The van der Waals surface area contributed by atoms with Crippen molar-refractivity contribution in [3.63, 3.8) is 0 Å². The van der Waals surface area contributed by atoms with Gasteiger partial charge in [-0.25, -0.2) is 13.4 Å². The molecule has 0 radical (unpaired) electrons. The standard InChI is InChI=1S/C14H26N6O2S2.HI/c1-4-12-17-14(23-18-12)20-9-7-19(8-10-20)13(15-3)16-6-11-24(21,22)5-2;/h4-11H2,1-3H3,(H,15,16);1H. The first-order valence-corrected chi connectivity index (χ1v) is 10.8. The highest BCUT2D eigenvalue weighted by Crippen LogP contribution is 2.19. The van der Waals surface area contributed by atoms with Crippen molar-refractivity contribution in [3.8, 4) is 0 Å². The Bertz CT molecular complexity index is 656. The third kappa shape index (κ3) is 6.51. The average molecular weight is 502 g/mol. The van der Waals surface area contributed by atoms with E-state index in [1.807, 2.05) is 0 Å². The van der Waals surface area contributed by atoms with Gasteiger partial charge in [-0.05, 0) is 0 Å². The lowest BCUT2D eigenvalue weighted by molar-refractivity contribution is 0.373. The Kier molecular flexibility index (Phi) is 9.35. The van der Waals surface area contributed by atoms with E-state index in [-0.39, 0.29) is 35.5 Å². The van der Waals surface area contributed by atoms with Crippen LogP contribution in [0.4, 0.5) is 5.13 Å². The Labute approximate surface area is 171 Å². The van der Waals surface area contributed by atoms with Gasteiger partial charge in [0.15, 0.2) is 15.8 Å². The highest BCUT2D eigenvalue weighted by Gasteiger charge is 2.22. The molecule has 1 saturated heterocycles. The topological polar surface area (TPSA) is 90.8 Å². The van der Waals surface area contributed by atoms with E-state index in [1.54, 1.807) is 14.0 Å². The van der Waals surface area contributed by atoms with Crippen molar-refractivity contribution < 1.29 is 8.42 Å². The van der Waals surface area contributed by atoms with Crippen LogP contribution in [0, 0.1) is 0 Å². The van der Waals surface area contributed by atoms with E-state index in [0.29, 0.717) is 6.54 Å². The maximum Gasteiger partial charge on any atom is 0.205 e. The van der Waals surface area contributed by atoms with Crippen LogP contribution in [0.1, 0.15) is 19.7 Å². The fourth-order valence-electron chi connectivity index (χ4n) is 2.42. The van der Waals surface area contributed by atoms with Gasteiger partial charge in [0.2, 0.25) is 5.13 Å². The fourth-order valence-corrected chi connectivity index (χ4v) is 3.92. The van der Waals surface area contributed by atoms with Gasteiger partial charge in [-0.1, -0.05) is 13.8 Å². The average Bonchev–Trinajstić information content (AvgIpc) is 3.08. The molecule has 25 heavy (non-hydrogen) atoms. The third-order valence-electron chi connectivity index (χ3n) is 3.97. The number of sulfone groups is 1. The van der Waals surface area contributed by atoms with E-state index in [9.17, 15) is 8.42 Å². The molecule has 0 aliphatic carbocycles. The summed E-state index contributed by atoms with van der Waals surface area (Å²) in [6, 6.07) is 0. The van der Waals surface area contributed by atoms with Crippen molar-refractivity contribution in [2.45, 2.75) is 20.3 Å². The maximum atomic E-state index is 11.6. The smallest absolute Gasteiger partial charge is 0.205 e. The Morgan fingerprint density at radius 1 is 1.28 bits per heavy atom. The van der Waals surface area contributed by atoms with E-state index >= 15 is 0 Å². The van der Waals surface area contributed by atoms with Gasteiger partial charge >= 0.3 is 0 Å². The van der Waals surface area contributed by atoms with E-state index < -0.39 is 9.84 Å². The first-order chi connectivity index (χ1) is 11.5. The molecule has 1 aliphatic heterocycles. The molecule has 2 rings (SSSR count). The Hall–Kier alpha value is -0.690. The van der Waals surface area contributed by atoms with Crippen LogP contribution in [0.2, 0.25) is 0 Å². The van der Waals surface area contributed by atoms with Gasteiger partial charge in [0.1, 0.15) is 5.82 Å². The van der Waals surface area contributed by atoms with Crippen LogP contribution < -0.4 is 10.2 Å². The molecule has 1 aromatic rings. The number of hydrogen-bond acceptors (Lipinski definition) is 7. The Morgan fingerprint density at radius 3 is 2.48 bits per heavy atom. The number of piperazine rings is 1. The predicted molar refractivity (Wildman–Crippen MR) is 114 cm³/mol. The largest absolute Gasteiger partial charge is 0.355 e. The summed E-state index contributed by atoms with van der Waals surface area (Å²) in [6.07, 6.45) is 0.855. The number of rotatable bonds is 6. The summed E-state index contributed by atoms with van der Waals surface area (Å²) in [5.41, 5.74) is 0. The number of nitrogens with one attached hydrogen (secondary N) is 1. The molecule has 1 N–H and O–H groups in total. The van der Waals surface area contributed by atoms with Crippen molar-refractivity contribution >= 4 is 56.4 Å². The molecule has 11 heteroatoms. The molecule has 2 heterocycles. The summed E-state index contributed by atoms with van der Waals surface area (Å²) < 4.78 is 27.5. The number of hydrogen-bond donors (Lipinski definition) is 1. The zero-order valence-electron chi connectivity index (χ0n) is 14.9. The number of anilines is 1. The fraction of sp³-hybridized carbons (Fsp3) is 0.786. The van der Waals surface area contributed by atoms with Crippen LogP contribution >= 0.6 is 35.5 Å². The highest BCUT2D eigenvalue weighted by atomic mass is 127. The molecule has 8 nitrogen and oxygen atoms in total. The molecule has 1 aromatic heterocycles. The Morgan fingerprint density at radius 2 is 1.96 bits per heavy atom. The monoisotopic (exact) mass is 502 g/mol. The predicted octanol–water partition coefficient (Wildman–Crippen LogP) is 0.851. The summed E-state index contributed by atoms with van der Waals surface area (Å²) in [5, 5.41) is 4.13. The second-order valence-electron chi connectivity index (χ2n) is 5.53. The van der Waals surface area contributed by atoms with Crippen LogP contribution in [0.5, 0.6) is 0 Å². The quantitative estimate of drug-likeness (QED) is 0.351. The van der Waals surface area contributed by atoms with Gasteiger partial charge in [0.05, 0.1) is 5.75 Å². The molecule has 0 saturated carbocycles. The minimum absolute atomic E-state index is 0. The van der Waals surface area contributed by atoms with Crippen LogP contribution in [0.3, 0.4) is 0 Å². The zero-order chi connectivity index (χ0) is 17.6. The summed E-state index contributed by atoms with van der Waals surface area (Å²) in [4.78, 5) is 13.2. The van der Waals surface area contributed by atoms with Crippen LogP contribution in [0.25, 0.3) is 0 Å². The number of nitrogens with zero attached hydrogens (tertiary/aromatic N) is 5. The SMILES string of the molecule is CCc1nsc(N2CCN(C(=NC)NCCS(=O)(=O)CC)CC2)n1.I. The summed E-state index contributed by atoms with van der Waals surface area (Å²) in [6.45, 7) is 7.46. The van der Waals surface area contributed by atoms with Gasteiger partial charge < -0.3 is 15.1 Å². The van der Waals surface area contributed by atoms with Gasteiger partial charge in [0.25, 0.3) is 0 Å². The molecule has 144 valence electrons. The molecule has 0 amide bonds.